The van der Waals surface area contributed by atoms with Gasteiger partial charge in [-0.1, -0.05) is 12.1 Å². The fourth-order valence-electron chi connectivity index (χ4n) is 2.97. The highest BCUT2D eigenvalue weighted by Gasteiger charge is 2.37. The lowest BCUT2D eigenvalue weighted by atomic mass is 10.0. The Balaban J connectivity index is 2.07. The third-order valence-electron chi connectivity index (χ3n) is 4.62. The Hall–Kier alpha value is -1.89. The molecule has 1 N–H and O–H groups in total. The van der Waals surface area contributed by atoms with Crippen molar-refractivity contribution < 1.29 is 23.1 Å². The van der Waals surface area contributed by atoms with Crippen molar-refractivity contribution in [3.8, 4) is 0 Å². The lowest BCUT2D eigenvalue weighted by Crippen LogP contribution is -2.38. The molecule has 1 aromatic carbocycles. The number of sulfone groups is 1. The molecule has 1 amide bonds. The maximum Gasteiger partial charge on any atom is 0.308 e. The summed E-state index contributed by atoms with van der Waals surface area (Å²) in [7, 11) is -3.32. The summed E-state index contributed by atoms with van der Waals surface area (Å²) in [5, 5.41) is 8.63. The van der Waals surface area contributed by atoms with Crippen LogP contribution in [0.2, 0.25) is 0 Å². The third kappa shape index (κ3) is 3.61. The fraction of sp³-hybridized carbons (Fsp3) is 0.529. The standard InChI is InChI=1S/C17H23NO5S/c1-11(2)24(22,23)14-6-4-13(5-7-14)10-16(19)18-9-8-15(12(18)3)17(20)21/h4-7,11-12,15H,8-10H2,1-3H3,(H,20,21). The molecule has 0 aromatic heterocycles. The molecule has 1 aliphatic rings. The number of rotatable bonds is 5. The molecule has 2 unspecified atom stereocenters. The zero-order chi connectivity index (χ0) is 18.1. The average molecular weight is 353 g/mol. The molecule has 0 spiro atoms. The third-order valence-corrected chi connectivity index (χ3v) is 6.79. The van der Waals surface area contributed by atoms with Crippen LogP contribution in [0.15, 0.2) is 29.2 Å². The van der Waals surface area contributed by atoms with Gasteiger partial charge in [0.2, 0.25) is 5.91 Å². The molecule has 0 bridgehead atoms. The molecular formula is C17H23NO5S. The summed E-state index contributed by atoms with van der Waals surface area (Å²) in [6.07, 6.45) is 0.604. The number of benzene rings is 1. The number of hydrogen-bond donors (Lipinski definition) is 1. The fourth-order valence-corrected chi connectivity index (χ4v) is 4.03. The van der Waals surface area contributed by atoms with Gasteiger partial charge in [0.05, 0.1) is 22.5 Å². The Morgan fingerprint density at radius 1 is 1.25 bits per heavy atom. The second-order valence-electron chi connectivity index (χ2n) is 6.48. The van der Waals surface area contributed by atoms with Crippen LogP contribution in [0.1, 0.15) is 32.8 Å². The summed E-state index contributed by atoms with van der Waals surface area (Å²) in [5.41, 5.74) is 0.716. The number of carboxylic acids is 1. The number of aliphatic carboxylic acids is 1. The van der Waals surface area contributed by atoms with Gasteiger partial charge in [0.1, 0.15) is 0 Å². The predicted octanol–water partition coefficient (Wildman–Crippen LogP) is 1.73. The Kier molecular flexibility index (Phi) is 5.32. The van der Waals surface area contributed by atoms with Crippen LogP contribution in [0.25, 0.3) is 0 Å². The van der Waals surface area contributed by atoms with Gasteiger partial charge in [-0.05, 0) is 44.9 Å². The van der Waals surface area contributed by atoms with Crippen LogP contribution in [0.3, 0.4) is 0 Å². The van der Waals surface area contributed by atoms with Gasteiger partial charge < -0.3 is 10.0 Å². The molecule has 1 aliphatic heterocycles. The SMILES string of the molecule is CC1C(C(=O)O)CCN1C(=O)Cc1ccc(S(=O)(=O)C(C)C)cc1. The van der Waals surface area contributed by atoms with Gasteiger partial charge >= 0.3 is 5.97 Å². The Morgan fingerprint density at radius 3 is 2.29 bits per heavy atom. The monoisotopic (exact) mass is 353 g/mol. The van der Waals surface area contributed by atoms with Crippen LogP contribution in [0.5, 0.6) is 0 Å². The van der Waals surface area contributed by atoms with E-state index in [1.54, 1.807) is 37.8 Å². The van der Waals surface area contributed by atoms with E-state index in [1.165, 1.54) is 12.1 Å². The topological polar surface area (TPSA) is 91.8 Å². The summed E-state index contributed by atoms with van der Waals surface area (Å²) >= 11 is 0. The predicted molar refractivity (Wildman–Crippen MR) is 89.4 cm³/mol. The lowest BCUT2D eigenvalue weighted by molar-refractivity contribution is -0.143. The Morgan fingerprint density at radius 2 is 1.83 bits per heavy atom. The van der Waals surface area contributed by atoms with E-state index in [2.05, 4.69) is 0 Å². The van der Waals surface area contributed by atoms with Crippen molar-refractivity contribution in [2.24, 2.45) is 5.92 Å². The summed E-state index contributed by atoms with van der Waals surface area (Å²) in [6, 6.07) is 6.00. The molecule has 1 fully saturated rings. The Bertz CT molecular complexity index is 724. The molecule has 1 heterocycles. The van der Waals surface area contributed by atoms with Crippen molar-refractivity contribution in [2.45, 2.75) is 49.8 Å². The van der Waals surface area contributed by atoms with Crippen molar-refractivity contribution in [3.63, 3.8) is 0 Å². The normalized spacial score (nSPS) is 21.2. The molecule has 1 saturated heterocycles. The van der Waals surface area contributed by atoms with Gasteiger partial charge in [0.15, 0.2) is 9.84 Å². The van der Waals surface area contributed by atoms with Crippen LogP contribution < -0.4 is 0 Å². The summed E-state index contributed by atoms with van der Waals surface area (Å²) in [4.78, 5) is 25.4. The second kappa shape index (κ2) is 6.93. The number of carbonyl (C=O) groups is 2. The van der Waals surface area contributed by atoms with Crippen LogP contribution in [0, 0.1) is 5.92 Å². The number of nitrogens with zero attached hydrogens (tertiary/aromatic N) is 1. The van der Waals surface area contributed by atoms with Gasteiger partial charge in [0, 0.05) is 12.6 Å². The van der Waals surface area contributed by atoms with E-state index < -0.39 is 27.0 Å². The second-order valence-corrected chi connectivity index (χ2v) is 8.98. The van der Waals surface area contributed by atoms with E-state index in [4.69, 9.17) is 5.11 Å². The first-order valence-corrected chi connectivity index (χ1v) is 9.54. The number of carbonyl (C=O) groups excluding carboxylic acids is 1. The number of amides is 1. The van der Waals surface area contributed by atoms with Crippen molar-refractivity contribution in [1.29, 1.82) is 0 Å². The molecule has 0 radical (unpaired) electrons. The zero-order valence-electron chi connectivity index (χ0n) is 14.1. The number of carboxylic acid groups (broad SMARTS) is 1. The first kappa shape index (κ1) is 18.4. The molecule has 1 aromatic rings. The van der Waals surface area contributed by atoms with E-state index in [9.17, 15) is 18.0 Å². The van der Waals surface area contributed by atoms with Crippen molar-refractivity contribution in [1.82, 2.24) is 4.90 Å². The van der Waals surface area contributed by atoms with Crippen LogP contribution in [-0.2, 0) is 25.8 Å². The molecular weight excluding hydrogens is 330 g/mol. The summed E-state index contributed by atoms with van der Waals surface area (Å²) in [6.45, 7) is 5.44. The molecule has 7 heteroatoms. The molecule has 132 valence electrons. The molecule has 2 atom stereocenters. The molecule has 0 aliphatic carbocycles. The number of likely N-dealkylation sites (tertiary alicyclic amines) is 1. The van der Waals surface area contributed by atoms with E-state index in [-0.39, 0.29) is 23.3 Å². The van der Waals surface area contributed by atoms with Gasteiger partial charge in [-0.15, -0.1) is 0 Å². The molecule has 0 saturated carbocycles. The first-order valence-electron chi connectivity index (χ1n) is 7.99. The maximum absolute atomic E-state index is 12.4. The van der Waals surface area contributed by atoms with E-state index >= 15 is 0 Å². The van der Waals surface area contributed by atoms with Gasteiger partial charge in [-0.3, -0.25) is 9.59 Å². The average Bonchev–Trinajstić information content (AvgIpc) is 2.89. The van der Waals surface area contributed by atoms with E-state index in [1.807, 2.05) is 0 Å². The Labute approximate surface area is 142 Å². The summed E-state index contributed by atoms with van der Waals surface area (Å²) in [5.74, 6) is -1.53. The maximum atomic E-state index is 12.4. The van der Waals surface area contributed by atoms with Gasteiger partial charge in [0.25, 0.3) is 0 Å². The zero-order valence-corrected chi connectivity index (χ0v) is 14.9. The van der Waals surface area contributed by atoms with Crippen LogP contribution in [-0.4, -0.2) is 48.1 Å². The lowest BCUT2D eigenvalue weighted by Gasteiger charge is -2.23. The minimum absolute atomic E-state index is 0.134. The van der Waals surface area contributed by atoms with Crippen LogP contribution in [0.4, 0.5) is 0 Å². The molecule has 24 heavy (non-hydrogen) atoms. The van der Waals surface area contributed by atoms with E-state index in [0.29, 0.717) is 18.5 Å². The van der Waals surface area contributed by atoms with Gasteiger partial charge in [-0.25, -0.2) is 8.42 Å². The largest absolute Gasteiger partial charge is 0.481 e. The summed E-state index contributed by atoms with van der Waals surface area (Å²) < 4.78 is 24.2. The highest BCUT2D eigenvalue weighted by Crippen LogP contribution is 2.25. The van der Waals surface area contributed by atoms with Gasteiger partial charge in [-0.2, -0.15) is 0 Å². The highest BCUT2D eigenvalue weighted by molar-refractivity contribution is 7.92. The van der Waals surface area contributed by atoms with Crippen molar-refractivity contribution >= 4 is 21.7 Å². The first-order chi connectivity index (χ1) is 11.1. The van der Waals surface area contributed by atoms with Crippen LogP contribution >= 0.6 is 0 Å². The minimum Gasteiger partial charge on any atom is -0.481 e. The molecule has 6 nitrogen and oxygen atoms in total. The van der Waals surface area contributed by atoms with Crippen molar-refractivity contribution in [3.05, 3.63) is 29.8 Å². The smallest absolute Gasteiger partial charge is 0.308 e. The molecule has 2 rings (SSSR count). The highest BCUT2D eigenvalue weighted by atomic mass is 32.2. The number of hydrogen-bond acceptors (Lipinski definition) is 4. The quantitative estimate of drug-likeness (QED) is 0.870. The minimum atomic E-state index is -3.32. The van der Waals surface area contributed by atoms with E-state index in [0.717, 1.165) is 0 Å². The van der Waals surface area contributed by atoms with Crippen molar-refractivity contribution in [2.75, 3.05) is 6.54 Å².